The molecule has 1 heterocycles. The molecule has 1 unspecified atom stereocenters. The van der Waals surface area contributed by atoms with Gasteiger partial charge < -0.3 is 9.84 Å². The number of nitrogens with one attached hydrogen (secondary N) is 1. The molecule has 0 spiro atoms. The highest BCUT2D eigenvalue weighted by molar-refractivity contribution is 5.69. The van der Waals surface area contributed by atoms with Crippen molar-refractivity contribution in [1.82, 2.24) is 5.32 Å². The van der Waals surface area contributed by atoms with Crippen LogP contribution >= 0.6 is 0 Å². The molecule has 4 nitrogen and oxygen atoms in total. The van der Waals surface area contributed by atoms with Crippen LogP contribution in [0.5, 0.6) is 0 Å². The smallest absolute Gasteiger partial charge is 0.307 e. The number of hydrogen-bond donors (Lipinski definition) is 2. The van der Waals surface area contributed by atoms with Gasteiger partial charge >= 0.3 is 5.97 Å². The van der Waals surface area contributed by atoms with E-state index < -0.39 is 5.72 Å². The lowest BCUT2D eigenvalue weighted by Crippen LogP contribution is -2.24. The lowest BCUT2D eigenvalue weighted by molar-refractivity contribution is -0.151. The van der Waals surface area contributed by atoms with E-state index in [1.807, 2.05) is 0 Å². The van der Waals surface area contributed by atoms with Gasteiger partial charge in [-0.1, -0.05) is 6.92 Å². The molecular formula is C8H15NO3. The zero-order chi connectivity index (χ0) is 9.03. The molecule has 1 aliphatic heterocycles. The average Bonchev–Trinajstić information content (AvgIpc) is 2.82. The Bertz CT molecular complexity index is 166. The maximum atomic E-state index is 10.9. The number of aliphatic hydroxyl groups is 1. The van der Waals surface area contributed by atoms with Crippen LogP contribution in [0.2, 0.25) is 0 Å². The average molecular weight is 173 g/mol. The van der Waals surface area contributed by atoms with Crippen LogP contribution in [-0.4, -0.2) is 30.0 Å². The van der Waals surface area contributed by atoms with Crippen LogP contribution in [0, 0.1) is 0 Å². The van der Waals surface area contributed by atoms with Crippen molar-refractivity contribution in [2.75, 3.05) is 13.2 Å². The van der Waals surface area contributed by atoms with E-state index in [0.29, 0.717) is 19.3 Å². The van der Waals surface area contributed by atoms with Gasteiger partial charge in [-0.05, 0) is 6.42 Å². The summed E-state index contributed by atoms with van der Waals surface area (Å²) >= 11 is 0. The van der Waals surface area contributed by atoms with E-state index in [4.69, 9.17) is 9.84 Å². The zero-order valence-corrected chi connectivity index (χ0v) is 7.30. The van der Waals surface area contributed by atoms with Gasteiger partial charge in [-0.15, -0.1) is 0 Å². The van der Waals surface area contributed by atoms with Gasteiger partial charge in [0.25, 0.3) is 0 Å². The van der Waals surface area contributed by atoms with Crippen molar-refractivity contribution in [3.8, 4) is 0 Å². The summed E-state index contributed by atoms with van der Waals surface area (Å²) in [6.07, 6.45) is 1.78. The molecule has 4 heteroatoms. The number of esters is 1. The number of rotatable bonds is 5. The van der Waals surface area contributed by atoms with Crippen molar-refractivity contribution in [2.45, 2.75) is 31.9 Å². The number of ether oxygens (including phenoxy) is 1. The molecule has 0 saturated carbocycles. The number of hydrogen-bond acceptors (Lipinski definition) is 4. The van der Waals surface area contributed by atoms with Crippen LogP contribution in [0.25, 0.3) is 0 Å². The summed E-state index contributed by atoms with van der Waals surface area (Å²) in [5.41, 5.74) is -0.435. The van der Waals surface area contributed by atoms with Crippen molar-refractivity contribution in [3.63, 3.8) is 0 Å². The quantitative estimate of drug-likeness (QED) is 0.454. The van der Waals surface area contributed by atoms with E-state index >= 15 is 0 Å². The van der Waals surface area contributed by atoms with Crippen LogP contribution in [-0.2, 0) is 9.53 Å². The summed E-state index contributed by atoms with van der Waals surface area (Å²) in [5.74, 6) is -0.182. The normalized spacial score (nSPS) is 26.8. The van der Waals surface area contributed by atoms with E-state index in [1.165, 1.54) is 0 Å². The van der Waals surface area contributed by atoms with Gasteiger partial charge in [0.2, 0.25) is 0 Å². The first-order valence-electron chi connectivity index (χ1n) is 4.30. The molecule has 0 aliphatic carbocycles. The second-order valence-electron chi connectivity index (χ2n) is 3.00. The first-order valence-corrected chi connectivity index (χ1v) is 4.30. The standard InChI is InChI=1S/C8H15NO3/c1-2-7(11)12-8(6-9-8)4-3-5-10/h9-10H,2-6H2,1H3. The SMILES string of the molecule is CCC(=O)OC1(CCCO)CN1. The molecule has 1 rings (SSSR count). The third-order valence-electron chi connectivity index (χ3n) is 1.91. The van der Waals surface area contributed by atoms with Crippen molar-refractivity contribution in [3.05, 3.63) is 0 Å². The summed E-state index contributed by atoms with van der Waals surface area (Å²) < 4.78 is 5.14. The molecule has 1 fully saturated rings. The summed E-state index contributed by atoms with van der Waals surface area (Å²) in [7, 11) is 0. The van der Waals surface area contributed by atoms with E-state index in [9.17, 15) is 4.79 Å². The highest BCUT2D eigenvalue weighted by atomic mass is 16.6. The molecule has 0 amide bonds. The fourth-order valence-electron chi connectivity index (χ4n) is 1.05. The van der Waals surface area contributed by atoms with E-state index in [0.717, 1.165) is 6.54 Å². The van der Waals surface area contributed by atoms with Gasteiger partial charge in [-0.25, -0.2) is 0 Å². The maximum Gasteiger partial charge on any atom is 0.307 e. The lowest BCUT2D eigenvalue weighted by atomic mass is 10.2. The van der Waals surface area contributed by atoms with Crippen LogP contribution in [0.3, 0.4) is 0 Å². The van der Waals surface area contributed by atoms with Gasteiger partial charge in [0.1, 0.15) is 0 Å². The van der Waals surface area contributed by atoms with Crippen molar-refractivity contribution in [2.24, 2.45) is 0 Å². The Morgan fingerprint density at radius 1 is 1.75 bits per heavy atom. The molecule has 12 heavy (non-hydrogen) atoms. The van der Waals surface area contributed by atoms with Crippen LogP contribution in [0.15, 0.2) is 0 Å². The van der Waals surface area contributed by atoms with E-state index in [-0.39, 0.29) is 12.6 Å². The third-order valence-corrected chi connectivity index (χ3v) is 1.91. The van der Waals surface area contributed by atoms with Gasteiger partial charge in [0.05, 0.1) is 6.54 Å². The monoisotopic (exact) mass is 173 g/mol. The third kappa shape index (κ3) is 2.46. The van der Waals surface area contributed by atoms with Gasteiger partial charge in [-0.2, -0.15) is 0 Å². The van der Waals surface area contributed by atoms with Crippen LogP contribution < -0.4 is 5.32 Å². The van der Waals surface area contributed by atoms with Crippen LogP contribution in [0.1, 0.15) is 26.2 Å². The highest BCUT2D eigenvalue weighted by Crippen LogP contribution is 2.25. The predicted octanol–water partition coefficient (Wildman–Crippen LogP) is 0.0116. The Morgan fingerprint density at radius 3 is 2.83 bits per heavy atom. The van der Waals surface area contributed by atoms with Crippen molar-refractivity contribution in [1.29, 1.82) is 0 Å². The Balaban J connectivity index is 2.24. The van der Waals surface area contributed by atoms with Crippen LogP contribution in [0.4, 0.5) is 0 Å². The van der Waals surface area contributed by atoms with E-state index in [1.54, 1.807) is 6.92 Å². The fraction of sp³-hybridized carbons (Fsp3) is 0.875. The largest absolute Gasteiger partial charge is 0.442 e. The highest BCUT2D eigenvalue weighted by Gasteiger charge is 2.45. The van der Waals surface area contributed by atoms with Gasteiger partial charge in [0.15, 0.2) is 5.72 Å². The number of carbonyl (C=O) groups is 1. The van der Waals surface area contributed by atoms with E-state index in [2.05, 4.69) is 5.32 Å². The van der Waals surface area contributed by atoms with Crippen molar-refractivity contribution >= 4 is 5.97 Å². The van der Waals surface area contributed by atoms with Crippen molar-refractivity contribution < 1.29 is 14.6 Å². The molecule has 0 aromatic carbocycles. The molecule has 1 saturated heterocycles. The molecule has 0 radical (unpaired) electrons. The molecule has 0 aromatic rings. The Labute approximate surface area is 71.9 Å². The molecule has 2 N–H and O–H groups in total. The minimum absolute atomic E-state index is 0.146. The minimum Gasteiger partial charge on any atom is -0.442 e. The first kappa shape index (κ1) is 9.48. The fourth-order valence-corrected chi connectivity index (χ4v) is 1.05. The Hall–Kier alpha value is -0.610. The first-order chi connectivity index (χ1) is 5.72. The number of carbonyl (C=O) groups excluding carboxylic acids is 1. The minimum atomic E-state index is -0.435. The number of aliphatic hydroxyl groups excluding tert-OH is 1. The second-order valence-corrected chi connectivity index (χ2v) is 3.00. The van der Waals surface area contributed by atoms with Gasteiger partial charge in [0, 0.05) is 19.4 Å². The predicted molar refractivity (Wildman–Crippen MR) is 43.4 cm³/mol. The second kappa shape index (κ2) is 3.87. The molecule has 70 valence electrons. The maximum absolute atomic E-state index is 10.9. The zero-order valence-electron chi connectivity index (χ0n) is 7.30. The molecule has 0 aromatic heterocycles. The summed E-state index contributed by atoms with van der Waals surface area (Å²) in [4.78, 5) is 10.9. The summed E-state index contributed by atoms with van der Waals surface area (Å²) in [6, 6.07) is 0. The summed E-state index contributed by atoms with van der Waals surface area (Å²) in [6.45, 7) is 2.64. The Kier molecular flexibility index (Phi) is 3.05. The topological polar surface area (TPSA) is 68.5 Å². The molecule has 0 bridgehead atoms. The molecule has 1 aliphatic rings. The molecule has 1 atom stereocenters. The Morgan fingerprint density at radius 2 is 2.42 bits per heavy atom. The van der Waals surface area contributed by atoms with Gasteiger partial charge in [-0.3, -0.25) is 10.1 Å². The lowest BCUT2D eigenvalue weighted by Gasteiger charge is -2.13. The summed E-state index contributed by atoms with van der Waals surface area (Å²) in [5, 5.41) is 11.6. The molecular weight excluding hydrogens is 158 g/mol.